The van der Waals surface area contributed by atoms with Crippen LogP contribution in [0.4, 0.5) is 18.9 Å². The Morgan fingerprint density at radius 1 is 1.37 bits per heavy atom. The molecule has 0 bridgehead atoms. The topological polar surface area (TPSA) is 21.3 Å². The third-order valence-corrected chi connectivity index (χ3v) is 3.46. The molecule has 2 nitrogen and oxygen atoms in total. The second-order valence-electron chi connectivity index (χ2n) is 4.72. The van der Waals surface area contributed by atoms with E-state index in [-0.39, 0.29) is 17.2 Å². The molecule has 1 N–H and O–H groups in total. The summed E-state index contributed by atoms with van der Waals surface area (Å²) in [6, 6.07) is 3.82. The Labute approximate surface area is 114 Å². The van der Waals surface area contributed by atoms with Crippen molar-refractivity contribution in [2.45, 2.75) is 38.1 Å². The smallest absolute Gasteiger partial charge is 0.382 e. The van der Waals surface area contributed by atoms with E-state index in [1.54, 1.807) is 0 Å². The van der Waals surface area contributed by atoms with Crippen LogP contribution in [-0.2, 0) is 10.9 Å². The lowest BCUT2D eigenvalue weighted by atomic mass is 10.1. The summed E-state index contributed by atoms with van der Waals surface area (Å²) in [6.45, 7) is 2.49. The van der Waals surface area contributed by atoms with Crippen molar-refractivity contribution in [1.82, 2.24) is 0 Å². The highest BCUT2D eigenvalue weighted by molar-refractivity contribution is 6.31. The molecule has 1 aliphatic rings. The number of hydrogen-bond donors (Lipinski definition) is 1. The maximum atomic E-state index is 12.7. The van der Waals surface area contributed by atoms with Gasteiger partial charge in [0.2, 0.25) is 0 Å². The van der Waals surface area contributed by atoms with Crippen LogP contribution in [-0.4, -0.2) is 18.8 Å². The fourth-order valence-electron chi connectivity index (χ4n) is 2.12. The molecule has 0 amide bonds. The zero-order valence-corrected chi connectivity index (χ0v) is 11.2. The Kier molecular flexibility index (Phi) is 4.26. The van der Waals surface area contributed by atoms with Crippen molar-refractivity contribution in [2.75, 3.05) is 11.9 Å². The highest BCUT2D eigenvalue weighted by Gasteiger charge is 2.33. The highest BCUT2D eigenvalue weighted by Crippen LogP contribution is 2.36. The minimum absolute atomic E-state index is 0.0556. The number of halogens is 4. The predicted molar refractivity (Wildman–Crippen MR) is 68.5 cm³/mol. The molecule has 1 aromatic carbocycles. The normalized spacial score (nSPS) is 23.6. The van der Waals surface area contributed by atoms with Gasteiger partial charge in [-0.05, 0) is 38.0 Å². The van der Waals surface area contributed by atoms with Crippen LogP contribution in [0.15, 0.2) is 18.2 Å². The SMILES string of the molecule is CC1CCC(CNc2ccc(Cl)c(C(F)(F)F)c2)O1. The number of nitrogens with one attached hydrogen (secondary N) is 1. The Morgan fingerprint density at radius 2 is 2.11 bits per heavy atom. The fourth-order valence-corrected chi connectivity index (χ4v) is 2.34. The van der Waals surface area contributed by atoms with E-state index in [2.05, 4.69) is 5.32 Å². The van der Waals surface area contributed by atoms with Crippen molar-refractivity contribution >= 4 is 17.3 Å². The summed E-state index contributed by atoms with van der Waals surface area (Å²) in [7, 11) is 0. The van der Waals surface area contributed by atoms with E-state index in [9.17, 15) is 13.2 Å². The lowest BCUT2D eigenvalue weighted by molar-refractivity contribution is -0.137. The summed E-state index contributed by atoms with van der Waals surface area (Å²) < 4.78 is 43.6. The number of anilines is 1. The van der Waals surface area contributed by atoms with Crippen molar-refractivity contribution in [3.63, 3.8) is 0 Å². The number of ether oxygens (including phenoxy) is 1. The first-order valence-electron chi connectivity index (χ1n) is 6.12. The molecule has 0 aliphatic carbocycles. The lowest BCUT2D eigenvalue weighted by Crippen LogP contribution is -2.20. The molecule has 106 valence electrons. The standard InChI is InChI=1S/C13H15ClF3NO/c1-8-2-4-10(19-8)7-18-9-3-5-12(14)11(6-9)13(15,16)17/h3,5-6,8,10,18H,2,4,7H2,1H3. The van der Waals surface area contributed by atoms with E-state index in [4.69, 9.17) is 16.3 Å². The first-order chi connectivity index (χ1) is 8.86. The van der Waals surface area contributed by atoms with Crippen LogP contribution in [0.2, 0.25) is 5.02 Å². The van der Waals surface area contributed by atoms with Gasteiger partial charge in [-0.15, -0.1) is 0 Å². The molecular weight excluding hydrogens is 279 g/mol. The quantitative estimate of drug-likeness (QED) is 0.895. The van der Waals surface area contributed by atoms with Gasteiger partial charge in [-0.2, -0.15) is 13.2 Å². The third kappa shape index (κ3) is 3.76. The van der Waals surface area contributed by atoms with Crippen LogP contribution >= 0.6 is 11.6 Å². The van der Waals surface area contributed by atoms with Crippen molar-refractivity contribution in [3.8, 4) is 0 Å². The molecule has 1 fully saturated rings. The van der Waals surface area contributed by atoms with Gasteiger partial charge in [0.05, 0.1) is 22.8 Å². The van der Waals surface area contributed by atoms with E-state index in [1.165, 1.54) is 12.1 Å². The number of benzene rings is 1. The van der Waals surface area contributed by atoms with Gasteiger partial charge < -0.3 is 10.1 Å². The summed E-state index contributed by atoms with van der Waals surface area (Å²) in [5, 5.41) is 2.68. The maximum absolute atomic E-state index is 12.7. The molecule has 2 rings (SSSR count). The van der Waals surface area contributed by atoms with Crippen LogP contribution in [0, 0.1) is 0 Å². The van der Waals surface area contributed by atoms with Gasteiger partial charge in [0, 0.05) is 12.2 Å². The van der Waals surface area contributed by atoms with Crippen LogP contribution in [0.1, 0.15) is 25.3 Å². The maximum Gasteiger partial charge on any atom is 0.417 e. The van der Waals surface area contributed by atoms with Gasteiger partial charge in [-0.1, -0.05) is 11.6 Å². The minimum Gasteiger partial charge on any atom is -0.382 e. The van der Waals surface area contributed by atoms with E-state index in [0.29, 0.717) is 12.2 Å². The first-order valence-corrected chi connectivity index (χ1v) is 6.50. The Bertz CT molecular complexity index is 450. The van der Waals surface area contributed by atoms with Crippen molar-refractivity contribution in [1.29, 1.82) is 0 Å². The van der Waals surface area contributed by atoms with Crippen LogP contribution < -0.4 is 5.32 Å². The summed E-state index contributed by atoms with van der Waals surface area (Å²) in [4.78, 5) is 0. The van der Waals surface area contributed by atoms with E-state index < -0.39 is 11.7 Å². The van der Waals surface area contributed by atoms with Crippen molar-refractivity contribution in [3.05, 3.63) is 28.8 Å². The largest absolute Gasteiger partial charge is 0.417 e. The summed E-state index contributed by atoms with van der Waals surface area (Å²) in [5.41, 5.74) is -0.417. The Morgan fingerprint density at radius 3 is 2.68 bits per heavy atom. The molecule has 1 aromatic rings. The van der Waals surface area contributed by atoms with Crippen molar-refractivity contribution in [2.24, 2.45) is 0 Å². The molecule has 2 atom stereocenters. The minimum atomic E-state index is -4.44. The fraction of sp³-hybridized carbons (Fsp3) is 0.538. The first kappa shape index (κ1) is 14.5. The zero-order chi connectivity index (χ0) is 14.0. The van der Waals surface area contributed by atoms with E-state index in [0.717, 1.165) is 18.9 Å². The highest BCUT2D eigenvalue weighted by atomic mass is 35.5. The number of rotatable bonds is 3. The monoisotopic (exact) mass is 293 g/mol. The van der Waals surface area contributed by atoms with Gasteiger partial charge in [-0.3, -0.25) is 0 Å². The third-order valence-electron chi connectivity index (χ3n) is 3.13. The van der Waals surface area contributed by atoms with Gasteiger partial charge in [0.1, 0.15) is 0 Å². The Hall–Kier alpha value is -0.940. The van der Waals surface area contributed by atoms with Gasteiger partial charge in [0.25, 0.3) is 0 Å². The lowest BCUT2D eigenvalue weighted by Gasteiger charge is -2.15. The van der Waals surface area contributed by atoms with Crippen LogP contribution in [0.5, 0.6) is 0 Å². The van der Waals surface area contributed by atoms with Crippen LogP contribution in [0.3, 0.4) is 0 Å². The predicted octanol–water partition coefficient (Wildman–Crippen LogP) is 4.34. The summed E-state index contributed by atoms with van der Waals surface area (Å²) in [5.74, 6) is 0. The summed E-state index contributed by atoms with van der Waals surface area (Å²) in [6.07, 6.45) is -2.25. The zero-order valence-electron chi connectivity index (χ0n) is 10.4. The molecule has 19 heavy (non-hydrogen) atoms. The molecule has 0 saturated carbocycles. The molecule has 0 radical (unpaired) electrons. The van der Waals surface area contributed by atoms with E-state index >= 15 is 0 Å². The van der Waals surface area contributed by atoms with Gasteiger partial charge >= 0.3 is 6.18 Å². The Balaban J connectivity index is 2.01. The molecular formula is C13H15ClF3NO. The van der Waals surface area contributed by atoms with Gasteiger partial charge in [0.15, 0.2) is 0 Å². The molecule has 6 heteroatoms. The molecule has 1 aliphatic heterocycles. The molecule has 0 aromatic heterocycles. The molecule has 1 saturated heterocycles. The number of hydrogen-bond acceptors (Lipinski definition) is 2. The molecule has 1 heterocycles. The number of alkyl halides is 3. The molecule has 2 unspecified atom stereocenters. The van der Waals surface area contributed by atoms with Gasteiger partial charge in [-0.25, -0.2) is 0 Å². The van der Waals surface area contributed by atoms with Crippen molar-refractivity contribution < 1.29 is 17.9 Å². The second kappa shape index (κ2) is 5.59. The average Bonchev–Trinajstić information content (AvgIpc) is 2.72. The van der Waals surface area contributed by atoms with Crippen LogP contribution in [0.25, 0.3) is 0 Å². The molecule has 0 spiro atoms. The summed E-state index contributed by atoms with van der Waals surface area (Å²) >= 11 is 5.55. The second-order valence-corrected chi connectivity index (χ2v) is 5.13. The average molecular weight is 294 g/mol. The van der Waals surface area contributed by atoms with E-state index in [1.807, 2.05) is 6.92 Å².